The van der Waals surface area contributed by atoms with Gasteiger partial charge in [-0.15, -0.1) is 13.2 Å². The molecule has 0 bridgehead atoms. The van der Waals surface area contributed by atoms with Crippen molar-refractivity contribution in [3.8, 4) is 11.5 Å². The van der Waals surface area contributed by atoms with Crippen molar-refractivity contribution in [3.63, 3.8) is 0 Å². The van der Waals surface area contributed by atoms with E-state index in [1.165, 1.54) is 6.20 Å². The third-order valence-corrected chi connectivity index (χ3v) is 5.01. The lowest BCUT2D eigenvalue weighted by molar-refractivity contribution is -0.279. The second-order valence-corrected chi connectivity index (χ2v) is 7.49. The minimum atomic E-state index is -5.33. The van der Waals surface area contributed by atoms with Crippen LogP contribution < -0.4 is 9.47 Å². The van der Waals surface area contributed by atoms with Crippen molar-refractivity contribution in [2.75, 3.05) is 0 Å². The van der Waals surface area contributed by atoms with E-state index < -0.39 is 41.2 Å². The fourth-order valence-corrected chi connectivity index (χ4v) is 3.55. The zero-order valence-electron chi connectivity index (χ0n) is 15.3. The van der Waals surface area contributed by atoms with Crippen LogP contribution in [0, 0.1) is 6.92 Å². The highest BCUT2D eigenvalue weighted by molar-refractivity contribution is 7.84. The van der Waals surface area contributed by atoms with Gasteiger partial charge in [-0.2, -0.15) is 17.6 Å². The second kappa shape index (κ2) is 8.32. The number of ether oxygens (including phenoxy) is 2. The summed E-state index contributed by atoms with van der Waals surface area (Å²) in [7, 11) is -1.84. The fraction of sp³-hybridized carbons (Fsp3) is 0.294. The first-order chi connectivity index (χ1) is 14.4. The molecule has 0 fully saturated rings. The number of imidazole rings is 1. The van der Waals surface area contributed by atoms with Gasteiger partial charge in [0, 0.05) is 18.3 Å². The van der Waals surface area contributed by atoms with Crippen molar-refractivity contribution in [1.82, 2.24) is 15.0 Å². The van der Waals surface area contributed by atoms with Crippen LogP contribution in [0.4, 0.5) is 30.7 Å². The van der Waals surface area contributed by atoms with Crippen LogP contribution in [-0.2, 0) is 16.6 Å². The minimum Gasteiger partial charge on any atom is -0.424 e. The van der Waals surface area contributed by atoms with Crippen LogP contribution in [-0.4, -0.2) is 38.1 Å². The topological polar surface area (TPSA) is 77.1 Å². The van der Waals surface area contributed by atoms with Gasteiger partial charge in [0.2, 0.25) is 0 Å². The molecule has 3 rings (SSSR count). The summed E-state index contributed by atoms with van der Waals surface area (Å²) in [4.78, 5) is 10.4. The molecule has 0 aliphatic rings. The van der Waals surface area contributed by atoms with Gasteiger partial charge in [-0.05, 0) is 18.6 Å². The lowest BCUT2D eigenvalue weighted by Crippen LogP contribution is -2.33. The van der Waals surface area contributed by atoms with E-state index >= 15 is 0 Å². The standard InChI is InChI=1S/C17H12F7N3O3S/c1-8-3-2-4-25-11(8)7-31(28)15-26-9-5-12(29-16(20,21)14(18)19)13(6-10(9)27-15)30-17(22,23)24/h2-6,14H,7H2,1H3,(H,26,27). The molecule has 168 valence electrons. The average Bonchev–Trinajstić information content (AvgIpc) is 3.05. The maximum Gasteiger partial charge on any atom is 0.573 e. The third kappa shape index (κ3) is 5.42. The van der Waals surface area contributed by atoms with Crippen LogP contribution in [0.25, 0.3) is 11.0 Å². The molecule has 0 radical (unpaired) electrons. The van der Waals surface area contributed by atoms with Crippen LogP contribution in [0.5, 0.6) is 11.5 Å². The molecule has 3 aromatic rings. The molecule has 1 atom stereocenters. The number of nitrogens with zero attached hydrogens (tertiary/aromatic N) is 2. The van der Waals surface area contributed by atoms with Gasteiger partial charge in [-0.3, -0.25) is 9.19 Å². The van der Waals surface area contributed by atoms with Crippen molar-refractivity contribution in [1.29, 1.82) is 0 Å². The molecule has 1 aromatic carbocycles. The number of pyridine rings is 1. The first-order valence-corrected chi connectivity index (χ1v) is 9.61. The number of hydrogen-bond donors (Lipinski definition) is 1. The SMILES string of the molecule is Cc1cccnc1CS(=O)c1nc2cc(OC(F)(F)F)c(OC(F)(F)C(F)F)cc2[nH]1. The van der Waals surface area contributed by atoms with E-state index in [4.69, 9.17) is 0 Å². The Morgan fingerprint density at radius 3 is 2.42 bits per heavy atom. The molecule has 0 aliphatic heterocycles. The van der Waals surface area contributed by atoms with Crippen molar-refractivity contribution >= 4 is 21.8 Å². The number of H-pyrrole nitrogens is 1. The van der Waals surface area contributed by atoms with Crippen LogP contribution in [0.3, 0.4) is 0 Å². The van der Waals surface area contributed by atoms with Gasteiger partial charge in [-0.1, -0.05) is 6.07 Å². The molecular weight excluding hydrogens is 459 g/mol. The summed E-state index contributed by atoms with van der Waals surface area (Å²) < 4.78 is 109. The zero-order chi connectivity index (χ0) is 23.0. The number of fused-ring (bicyclic) bond motifs is 1. The molecule has 6 nitrogen and oxygen atoms in total. The molecule has 0 saturated heterocycles. The minimum absolute atomic E-state index is 0.0920. The smallest absolute Gasteiger partial charge is 0.424 e. The van der Waals surface area contributed by atoms with Gasteiger partial charge in [0.05, 0.1) is 33.3 Å². The Labute approximate surface area is 171 Å². The zero-order valence-corrected chi connectivity index (χ0v) is 16.2. The molecule has 0 amide bonds. The van der Waals surface area contributed by atoms with Crippen LogP contribution in [0.2, 0.25) is 0 Å². The summed E-state index contributed by atoms with van der Waals surface area (Å²) in [6.07, 6.45) is -13.2. The Bertz CT molecular complexity index is 1120. The van der Waals surface area contributed by atoms with E-state index in [0.29, 0.717) is 17.8 Å². The van der Waals surface area contributed by atoms with Crippen molar-refractivity contribution < 1.29 is 44.4 Å². The number of benzene rings is 1. The number of rotatable bonds is 7. The highest BCUT2D eigenvalue weighted by Crippen LogP contribution is 2.39. The summed E-state index contributed by atoms with van der Waals surface area (Å²) in [6, 6.07) is 4.53. The Morgan fingerprint density at radius 1 is 1.13 bits per heavy atom. The third-order valence-electron chi connectivity index (χ3n) is 3.85. The highest BCUT2D eigenvalue weighted by atomic mass is 32.2. The number of aromatic amines is 1. The van der Waals surface area contributed by atoms with Crippen LogP contribution >= 0.6 is 0 Å². The quantitative estimate of drug-likeness (QED) is 0.505. The van der Waals surface area contributed by atoms with E-state index in [2.05, 4.69) is 24.4 Å². The number of halogens is 7. The second-order valence-electron chi connectivity index (χ2n) is 6.13. The average molecular weight is 471 g/mol. The summed E-state index contributed by atoms with van der Waals surface area (Å²) in [5.74, 6) is -2.72. The van der Waals surface area contributed by atoms with Gasteiger partial charge in [-0.25, -0.2) is 4.98 Å². The van der Waals surface area contributed by atoms with Crippen LogP contribution in [0.1, 0.15) is 11.3 Å². The number of aromatic nitrogens is 3. The van der Waals surface area contributed by atoms with E-state index in [1.54, 1.807) is 19.1 Å². The van der Waals surface area contributed by atoms with Crippen molar-refractivity contribution in [2.45, 2.75) is 36.7 Å². The predicted octanol–water partition coefficient (Wildman–Crippen LogP) is 4.71. The maximum atomic E-state index is 13.3. The fourth-order valence-electron chi connectivity index (χ4n) is 2.44. The lowest BCUT2D eigenvalue weighted by Gasteiger charge is -2.19. The van der Waals surface area contributed by atoms with Crippen LogP contribution in [0.15, 0.2) is 35.6 Å². The molecule has 0 saturated carbocycles. The monoisotopic (exact) mass is 471 g/mol. The summed E-state index contributed by atoms with van der Waals surface area (Å²) in [5.41, 5.74) is 0.782. The molecule has 14 heteroatoms. The Hall–Kier alpha value is -2.90. The molecular formula is C17H12F7N3O3S. The molecule has 0 spiro atoms. The van der Waals surface area contributed by atoms with Gasteiger partial charge < -0.3 is 14.5 Å². The van der Waals surface area contributed by atoms with Gasteiger partial charge in [0.25, 0.3) is 0 Å². The lowest BCUT2D eigenvalue weighted by atomic mass is 10.2. The summed E-state index contributed by atoms with van der Waals surface area (Å²) >= 11 is 0. The number of hydrogen-bond acceptors (Lipinski definition) is 5. The molecule has 31 heavy (non-hydrogen) atoms. The van der Waals surface area contributed by atoms with Gasteiger partial charge in [0.1, 0.15) is 0 Å². The Morgan fingerprint density at radius 2 is 1.81 bits per heavy atom. The summed E-state index contributed by atoms with van der Waals surface area (Å²) in [6.45, 7) is 1.73. The first-order valence-electron chi connectivity index (χ1n) is 8.29. The molecule has 0 aliphatic carbocycles. The van der Waals surface area contributed by atoms with E-state index in [9.17, 15) is 34.9 Å². The maximum absolute atomic E-state index is 13.3. The van der Waals surface area contributed by atoms with Gasteiger partial charge in [0.15, 0.2) is 16.7 Å². The Kier molecular flexibility index (Phi) is 6.11. The van der Waals surface area contributed by atoms with E-state index in [0.717, 1.165) is 5.56 Å². The first kappa shape index (κ1) is 22.8. The highest BCUT2D eigenvalue weighted by Gasteiger charge is 2.45. The number of nitrogens with one attached hydrogen (secondary N) is 1. The molecule has 2 aromatic heterocycles. The van der Waals surface area contributed by atoms with Gasteiger partial charge >= 0.3 is 18.9 Å². The number of aryl methyl sites for hydroxylation is 1. The molecule has 1 N–H and O–H groups in total. The number of alkyl halides is 7. The normalized spacial score (nSPS) is 13.6. The Balaban J connectivity index is 1.99. The summed E-state index contributed by atoms with van der Waals surface area (Å²) in [5, 5.41) is -0.198. The van der Waals surface area contributed by atoms with Crippen molar-refractivity contribution in [2.24, 2.45) is 0 Å². The van der Waals surface area contributed by atoms with E-state index in [-0.39, 0.29) is 21.9 Å². The predicted molar refractivity (Wildman–Crippen MR) is 93.4 cm³/mol. The van der Waals surface area contributed by atoms with Crippen molar-refractivity contribution in [3.05, 3.63) is 41.7 Å². The molecule has 2 heterocycles. The molecule has 1 unspecified atom stereocenters. The largest absolute Gasteiger partial charge is 0.573 e. The van der Waals surface area contributed by atoms with E-state index in [1.807, 2.05) is 0 Å².